The number of imide groups is 1. The van der Waals surface area contributed by atoms with Crippen LogP contribution < -0.4 is 10.6 Å². The van der Waals surface area contributed by atoms with E-state index in [1.165, 1.54) is 16.4 Å². The second-order valence-electron chi connectivity index (χ2n) is 8.63. The maximum atomic E-state index is 13.0. The summed E-state index contributed by atoms with van der Waals surface area (Å²) in [5, 5.41) is 5.44. The normalized spacial score (nSPS) is 27.0. The van der Waals surface area contributed by atoms with Crippen molar-refractivity contribution in [2.24, 2.45) is 5.92 Å². The molecule has 2 aliphatic heterocycles. The van der Waals surface area contributed by atoms with Crippen LogP contribution in [0.25, 0.3) is 0 Å². The maximum absolute atomic E-state index is 13.0. The van der Waals surface area contributed by atoms with E-state index >= 15 is 0 Å². The molecule has 2 heterocycles. The lowest BCUT2D eigenvalue weighted by Crippen LogP contribution is -2.54. The molecule has 3 fully saturated rings. The highest BCUT2D eigenvalue weighted by molar-refractivity contribution is 7.89. The third-order valence-corrected chi connectivity index (χ3v) is 8.52. The van der Waals surface area contributed by atoms with E-state index in [1.807, 2.05) is 6.92 Å². The Hall–Kier alpha value is -2.46. The highest BCUT2D eigenvalue weighted by Gasteiger charge is 2.55. The van der Waals surface area contributed by atoms with Crippen LogP contribution in [0.15, 0.2) is 29.2 Å². The number of rotatable bonds is 5. The number of nitrogens with one attached hydrogen (secondary N) is 2. The van der Waals surface area contributed by atoms with E-state index in [1.54, 1.807) is 12.1 Å². The molecule has 1 aromatic carbocycles. The van der Waals surface area contributed by atoms with Gasteiger partial charge in [-0.15, -0.1) is 0 Å². The van der Waals surface area contributed by atoms with Gasteiger partial charge >= 0.3 is 6.03 Å². The Morgan fingerprint density at radius 1 is 1.19 bits per heavy atom. The average molecular weight is 449 g/mol. The zero-order valence-corrected chi connectivity index (χ0v) is 18.4. The number of carbonyl (C=O) groups is 3. The van der Waals surface area contributed by atoms with E-state index in [4.69, 9.17) is 0 Å². The van der Waals surface area contributed by atoms with E-state index in [9.17, 15) is 22.8 Å². The van der Waals surface area contributed by atoms with E-state index in [-0.39, 0.29) is 16.7 Å². The topological polar surface area (TPSA) is 116 Å². The van der Waals surface area contributed by atoms with Gasteiger partial charge in [0.05, 0.1) is 4.90 Å². The fourth-order valence-electron chi connectivity index (χ4n) is 4.79. The van der Waals surface area contributed by atoms with Crippen LogP contribution in [0, 0.1) is 5.92 Å². The molecule has 2 N–H and O–H groups in total. The molecule has 2 unspecified atom stereocenters. The van der Waals surface area contributed by atoms with Crippen LogP contribution in [0.5, 0.6) is 0 Å². The molecule has 2 saturated heterocycles. The van der Waals surface area contributed by atoms with Crippen LogP contribution in [-0.4, -0.2) is 60.6 Å². The largest absolute Gasteiger partial charge is 0.325 e. The Bertz CT molecular complexity index is 1000. The first-order valence-corrected chi connectivity index (χ1v) is 12.2. The monoisotopic (exact) mass is 448 g/mol. The van der Waals surface area contributed by atoms with Crippen LogP contribution in [0.3, 0.4) is 0 Å². The van der Waals surface area contributed by atoms with Gasteiger partial charge in [0, 0.05) is 18.8 Å². The predicted octanol–water partition coefficient (Wildman–Crippen LogP) is 1.91. The minimum Gasteiger partial charge on any atom is -0.324 e. The van der Waals surface area contributed by atoms with Gasteiger partial charge in [-0.3, -0.25) is 14.5 Å². The van der Waals surface area contributed by atoms with Gasteiger partial charge in [0.1, 0.15) is 12.1 Å². The Labute approximate surface area is 182 Å². The molecule has 4 amide bonds. The molecule has 0 bridgehead atoms. The van der Waals surface area contributed by atoms with Crippen LogP contribution in [0.2, 0.25) is 0 Å². The van der Waals surface area contributed by atoms with E-state index in [0.29, 0.717) is 25.2 Å². The molecule has 3 aliphatic rings. The third-order valence-electron chi connectivity index (χ3n) is 6.62. The first kappa shape index (κ1) is 21.8. The van der Waals surface area contributed by atoms with Crippen molar-refractivity contribution in [1.82, 2.24) is 14.5 Å². The van der Waals surface area contributed by atoms with Crippen LogP contribution >= 0.6 is 0 Å². The Morgan fingerprint density at radius 2 is 1.94 bits per heavy atom. The fourth-order valence-corrected chi connectivity index (χ4v) is 6.36. The fraction of sp³-hybridized carbons (Fsp3) is 0.571. The zero-order chi connectivity index (χ0) is 22.2. The molecule has 1 spiro atoms. The lowest BCUT2D eigenvalue weighted by molar-refractivity contribution is -0.136. The van der Waals surface area contributed by atoms with Gasteiger partial charge < -0.3 is 10.6 Å². The molecule has 10 heteroatoms. The number of benzene rings is 1. The molecule has 1 aromatic rings. The summed E-state index contributed by atoms with van der Waals surface area (Å²) in [5.74, 6) is -0.900. The van der Waals surface area contributed by atoms with Crippen molar-refractivity contribution in [2.45, 2.75) is 55.9 Å². The average Bonchev–Trinajstić information content (AvgIpc) is 3.35. The molecular formula is C21H28N4O5S. The van der Waals surface area contributed by atoms with Crippen LogP contribution in [-0.2, 0) is 19.6 Å². The Balaban J connectivity index is 1.45. The summed E-state index contributed by atoms with van der Waals surface area (Å²) in [7, 11) is -3.61. The van der Waals surface area contributed by atoms with Gasteiger partial charge in [0.2, 0.25) is 15.9 Å². The van der Waals surface area contributed by atoms with E-state index in [0.717, 1.165) is 37.0 Å². The molecule has 1 saturated carbocycles. The molecule has 1 aliphatic carbocycles. The van der Waals surface area contributed by atoms with Gasteiger partial charge in [-0.05, 0) is 49.8 Å². The van der Waals surface area contributed by atoms with Gasteiger partial charge in [-0.25, -0.2) is 13.2 Å². The van der Waals surface area contributed by atoms with Crippen molar-refractivity contribution in [3.63, 3.8) is 0 Å². The molecule has 0 aromatic heterocycles. The SMILES string of the molecule is CC1CCCCC12NC(=O)N(CC(=O)Nc1cccc(S(=O)(=O)N3CCCC3)c1)C2=O. The van der Waals surface area contributed by atoms with Gasteiger partial charge in [-0.1, -0.05) is 25.8 Å². The molecule has 9 nitrogen and oxygen atoms in total. The van der Waals surface area contributed by atoms with Crippen molar-refractivity contribution in [1.29, 1.82) is 0 Å². The Morgan fingerprint density at radius 3 is 2.65 bits per heavy atom. The molecule has 2 atom stereocenters. The van der Waals surface area contributed by atoms with E-state index in [2.05, 4.69) is 10.6 Å². The minimum atomic E-state index is -3.61. The second-order valence-corrected chi connectivity index (χ2v) is 10.6. The van der Waals surface area contributed by atoms with Crippen molar-refractivity contribution in [3.8, 4) is 0 Å². The minimum absolute atomic E-state index is 0.0123. The van der Waals surface area contributed by atoms with E-state index < -0.39 is 34.0 Å². The summed E-state index contributed by atoms with van der Waals surface area (Å²) in [6.45, 7) is 2.52. The van der Waals surface area contributed by atoms with Crippen molar-refractivity contribution in [3.05, 3.63) is 24.3 Å². The van der Waals surface area contributed by atoms with Crippen molar-refractivity contribution < 1.29 is 22.8 Å². The van der Waals surface area contributed by atoms with Gasteiger partial charge in [0.15, 0.2) is 0 Å². The summed E-state index contributed by atoms with van der Waals surface area (Å²) in [6.07, 6.45) is 4.97. The number of amides is 4. The standard InChI is InChI=1S/C21H28N4O5S/c1-15-7-2-3-10-21(15)19(27)25(20(28)23-21)14-18(26)22-16-8-6-9-17(13-16)31(29,30)24-11-4-5-12-24/h6,8-9,13,15H,2-5,7,10-12,14H2,1H3,(H,22,26)(H,23,28). The number of carbonyl (C=O) groups excluding carboxylic acids is 3. The summed E-state index contributed by atoms with van der Waals surface area (Å²) in [4.78, 5) is 39.1. The highest BCUT2D eigenvalue weighted by Crippen LogP contribution is 2.38. The number of anilines is 1. The first-order chi connectivity index (χ1) is 14.7. The van der Waals surface area contributed by atoms with Gasteiger partial charge in [0.25, 0.3) is 5.91 Å². The number of nitrogens with zero attached hydrogens (tertiary/aromatic N) is 2. The zero-order valence-electron chi connectivity index (χ0n) is 17.6. The summed E-state index contributed by atoms with van der Waals surface area (Å²) < 4.78 is 26.9. The van der Waals surface area contributed by atoms with Gasteiger partial charge in [-0.2, -0.15) is 4.31 Å². The van der Waals surface area contributed by atoms with Crippen molar-refractivity contribution in [2.75, 3.05) is 25.0 Å². The molecule has 31 heavy (non-hydrogen) atoms. The summed E-state index contributed by atoms with van der Waals surface area (Å²) in [6, 6.07) is 5.48. The highest BCUT2D eigenvalue weighted by atomic mass is 32.2. The number of hydrogen-bond acceptors (Lipinski definition) is 5. The molecule has 4 rings (SSSR count). The summed E-state index contributed by atoms with van der Waals surface area (Å²) in [5.41, 5.74) is -0.614. The third kappa shape index (κ3) is 3.94. The smallest absolute Gasteiger partial charge is 0.324 e. The Kier molecular flexibility index (Phi) is 5.78. The number of sulfonamides is 1. The first-order valence-electron chi connectivity index (χ1n) is 10.8. The quantitative estimate of drug-likeness (QED) is 0.668. The van der Waals surface area contributed by atoms with Crippen LogP contribution in [0.1, 0.15) is 45.4 Å². The number of urea groups is 1. The lowest BCUT2D eigenvalue weighted by Gasteiger charge is -2.36. The van der Waals surface area contributed by atoms with Crippen LogP contribution in [0.4, 0.5) is 10.5 Å². The lowest BCUT2D eigenvalue weighted by atomic mass is 9.73. The molecule has 168 valence electrons. The number of hydrogen-bond donors (Lipinski definition) is 2. The van der Waals surface area contributed by atoms with Crippen molar-refractivity contribution >= 4 is 33.6 Å². The summed E-state index contributed by atoms with van der Waals surface area (Å²) >= 11 is 0. The maximum Gasteiger partial charge on any atom is 0.325 e. The molecule has 0 radical (unpaired) electrons. The molecular weight excluding hydrogens is 420 g/mol. The predicted molar refractivity (Wildman–Crippen MR) is 114 cm³/mol. The second kappa shape index (κ2) is 8.23.